The van der Waals surface area contributed by atoms with Crippen LogP contribution in [0.1, 0.15) is 44.6 Å². The van der Waals surface area contributed by atoms with Crippen molar-refractivity contribution < 1.29 is 9.59 Å². The Morgan fingerprint density at radius 3 is 2.87 bits per heavy atom. The van der Waals surface area contributed by atoms with Gasteiger partial charge in [-0.1, -0.05) is 6.92 Å². The molecule has 8 heteroatoms. The van der Waals surface area contributed by atoms with Gasteiger partial charge < -0.3 is 11.1 Å². The molecule has 0 bridgehead atoms. The molecule has 0 aromatic carbocycles. The molecular weight excluding hydrogens is 427 g/mol. The molecule has 6 nitrogen and oxygen atoms in total. The minimum Gasteiger partial charge on any atom is -0.365 e. The Balaban J connectivity index is 1.97. The van der Waals surface area contributed by atoms with Crippen LogP contribution in [0.3, 0.4) is 0 Å². The van der Waals surface area contributed by atoms with Crippen LogP contribution in [0.4, 0.5) is 5.00 Å². The van der Waals surface area contributed by atoms with Gasteiger partial charge >= 0.3 is 0 Å². The molecule has 2 aromatic heterocycles. The van der Waals surface area contributed by atoms with Crippen LogP contribution in [0.15, 0.2) is 6.20 Å². The number of nitrogens with two attached hydrogens (primary N) is 1. The average molecular weight is 444 g/mol. The summed E-state index contributed by atoms with van der Waals surface area (Å²) >= 11 is 3.53. The van der Waals surface area contributed by atoms with Gasteiger partial charge in [-0.2, -0.15) is 5.10 Å². The van der Waals surface area contributed by atoms with Gasteiger partial charge in [-0.15, -0.1) is 11.3 Å². The smallest absolute Gasteiger partial charge is 0.275 e. The third kappa shape index (κ3) is 3.01. The van der Waals surface area contributed by atoms with Crippen LogP contribution in [0.2, 0.25) is 0 Å². The van der Waals surface area contributed by atoms with Gasteiger partial charge in [-0.25, -0.2) is 0 Å². The highest BCUT2D eigenvalue weighted by atomic mass is 127. The summed E-state index contributed by atoms with van der Waals surface area (Å²) in [6.07, 6.45) is 4.44. The van der Waals surface area contributed by atoms with Gasteiger partial charge in [0.2, 0.25) is 0 Å². The van der Waals surface area contributed by atoms with E-state index in [-0.39, 0.29) is 5.91 Å². The largest absolute Gasteiger partial charge is 0.365 e. The number of hydrogen-bond acceptors (Lipinski definition) is 4. The highest BCUT2D eigenvalue weighted by Gasteiger charge is 2.28. The summed E-state index contributed by atoms with van der Waals surface area (Å²) in [7, 11) is 1.72. The van der Waals surface area contributed by atoms with Crippen molar-refractivity contribution in [2.24, 2.45) is 18.7 Å². The maximum atomic E-state index is 12.5. The predicted molar refractivity (Wildman–Crippen MR) is 97.9 cm³/mol. The number of nitrogens with one attached hydrogen (secondary N) is 1. The maximum absolute atomic E-state index is 12.5. The summed E-state index contributed by atoms with van der Waals surface area (Å²) in [5, 5.41) is 7.49. The molecule has 1 aliphatic carbocycles. The SMILES string of the molecule is C[C@@H]1CCc2c(sc(NC(=O)c3c(I)cnn3C)c2C(N)=O)C1. The van der Waals surface area contributed by atoms with Gasteiger partial charge in [-0.3, -0.25) is 14.3 Å². The molecule has 3 rings (SSSR count). The molecule has 2 heterocycles. The van der Waals surface area contributed by atoms with Crippen LogP contribution in [0.25, 0.3) is 0 Å². The van der Waals surface area contributed by atoms with Crippen molar-refractivity contribution in [1.82, 2.24) is 9.78 Å². The second-order valence-electron chi connectivity index (χ2n) is 5.84. The number of fused-ring (bicyclic) bond motifs is 1. The topological polar surface area (TPSA) is 90.0 Å². The summed E-state index contributed by atoms with van der Waals surface area (Å²) < 4.78 is 2.29. The number of rotatable bonds is 3. The molecule has 1 atom stereocenters. The quantitative estimate of drug-likeness (QED) is 0.714. The van der Waals surface area contributed by atoms with Crippen LogP contribution in [0, 0.1) is 9.49 Å². The number of carbonyl (C=O) groups excluding carboxylic acids is 2. The molecule has 0 saturated carbocycles. The number of aryl methyl sites for hydroxylation is 1. The molecule has 1 aliphatic rings. The zero-order valence-corrected chi connectivity index (χ0v) is 15.8. The lowest BCUT2D eigenvalue weighted by Gasteiger charge is -2.18. The molecule has 0 fully saturated rings. The van der Waals surface area contributed by atoms with Crippen LogP contribution < -0.4 is 11.1 Å². The van der Waals surface area contributed by atoms with Gasteiger partial charge in [-0.05, 0) is 53.3 Å². The van der Waals surface area contributed by atoms with Crippen molar-refractivity contribution in [3.8, 4) is 0 Å². The zero-order valence-electron chi connectivity index (χ0n) is 12.9. The molecule has 0 radical (unpaired) electrons. The summed E-state index contributed by atoms with van der Waals surface area (Å²) in [4.78, 5) is 25.6. The molecule has 3 N–H and O–H groups in total. The third-order valence-corrected chi connectivity index (χ3v) is 6.05. The normalized spacial score (nSPS) is 16.9. The summed E-state index contributed by atoms with van der Waals surface area (Å²) in [5.41, 5.74) is 7.53. The Bertz CT molecular complexity index is 776. The molecule has 2 aromatic rings. The van der Waals surface area contributed by atoms with E-state index in [1.54, 1.807) is 13.2 Å². The number of nitrogens with zero attached hydrogens (tertiary/aromatic N) is 2. The van der Waals surface area contributed by atoms with Crippen molar-refractivity contribution in [1.29, 1.82) is 0 Å². The second kappa shape index (κ2) is 6.23. The molecule has 0 aliphatic heterocycles. The Kier molecular flexibility index (Phi) is 4.45. The summed E-state index contributed by atoms with van der Waals surface area (Å²) in [6, 6.07) is 0. The number of hydrogen-bond donors (Lipinski definition) is 2. The number of anilines is 1. The zero-order chi connectivity index (χ0) is 16.7. The molecule has 2 amide bonds. The second-order valence-corrected chi connectivity index (χ2v) is 8.11. The van der Waals surface area contributed by atoms with Crippen molar-refractivity contribution >= 4 is 50.7 Å². The first-order valence-corrected chi connectivity index (χ1v) is 9.21. The predicted octanol–water partition coefficient (Wildman–Crippen LogP) is 2.56. The van der Waals surface area contributed by atoms with Gasteiger partial charge in [0, 0.05) is 11.9 Å². The number of amides is 2. The first kappa shape index (κ1) is 16.4. The van der Waals surface area contributed by atoms with Gasteiger partial charge in [0.05, 0.1) is 15.3 Å². The van der Waals surface area contributed by atoms with Gasteiger partial charge in [0.15, 0.2) is 0 Å². The fourth-order valence-corrected chi connectivity index (χ4v) is 5.06. The van der Waals surface area contributed by atoms with Crippen LogP contribution in [-0.4, -0.2) is 21.6 Å². The third-order valence-electron chi connectivity index (χ3n) is 4.09. The van der Waals surface area contributed by atoms with E-state index in [1.807, 2.05) is 0 Å². The van der Waals surface area contributed by atoms with E-state index in [9.17, 15) is 9.59 Å². The van der Waals surface area contributed by atoms with E-state index >= 15 is 0 Å². The van der Waals surface area contributed by atoms with Crippen molar-refractivity contribution in [3.63, 3.8) is 0 Å². The number of aromatic nitrogens is 2. The molecule has 0 unspecified atom stereocenters. The first-order chi connectivity index (χ1) is 10.9. The molecule has 0 saturated heterocycles. The standard InChI is InChI=1S/C15H17IN4O2S/c1-7-3-4-8-10(5-7)23-15(11(8)13(17)21)19-14(22)12-9(16)6-18-20(12)2/h6-7H,3-5H2,1-2H3,(H2,17,21)(H,19,22)/t7-/m1/s1. The first-order valence-electron chi connectivity index (χ1n) is 7.31. The fourth-order valence-electron chi connectivity index (χ4n) is 2.93. The highest BCUT2D eigenvalue weighted by Crippen LogP contribution is 2.39. The van der Waals surface area contributed by atoms with E-state index in [0.29, 0.717) is 22.2 Å². The van der Waals surface area contributed by atoms with E-state index in [0.717, 1.165) is 33.3 Å². The maximum Gasteiger partial charge on any atom is 0.275 e. The summed E-state index contributed by atoms with van der Waals surface area (Å²) in [5.74, 6) is -0.168. The lowest BCUT2D eigenvalue weighted by Crippen LogP contribution is -2.21. The molecular formula is C15H17IN4O2S. The van der Waals surface area contributed by atoms with Crippen molar-refractivity contribution in [2.75, 3.05) is 5.32 Å². The highest BCUT2D eigenvalue weighted by molar-refractivity contribution is 14.1. The van der Waals surface area contributed by atoms with Gasteiger partial charge in [0.1, 0.15) is 10.7 Å². The fraction of sp³-hybridized carbons (Fsp3) is 0.400. The number of halogens is 1. The Morgan fingerprint density at radius 1 is 1.52 bits per heavy atom. The molecule has 0 spiro atoms. The van der Waals surface area contributed by atoms with Crippen molar-refractivity contribution in [2.45, 2.75) is 26.2 Å². The monoisotopic (exact) mass is 444 g/mol. The minimum atomic E-state index is -0.480. The molecule has 23 heavy (non-hydrogen) atoms. The minimum absolute atomic E-state index is 0.274. The van der Waals surface area contributed by atoms with Gasteiger partial charge in [0.25, 0.3) is 11.8 Å². The van der Waals surface area contributed by atoms with Crippen LogP contribution in [-0.2, 0) is 19.9 Å². The average Bonchev–Trinajstić information content (AvgIpc) is 2.98. The lowest BCUT2D eigenvalue weighted by atomic mass is 9.88. The van der Waals surface area contributed by atoms with E-state index < -0.39 is 5.91 Å². The van der Waals surface area contributed by atoms with Crippen LogP contribution >= 0.6 is 33.9 Å². The van der Waals surface area contributed by atoms with Crippen molar-refractivity contribution in [3.05, 3.63) is 31.5 Å². The Labute approximate surface area is 151 Å². The van der Waals surface area contributed by atoms with E-state index in [1.165, 1.54) is 16.0 Å². The number of carbonyl (C=O) groups is 2. The Morgan fingerprint density at radius 2 is 2.26 bits per heavy atom. The van der Waals surface area contributed by atoms with Crippen LogP contribution in [0.5, 0.6) is 0 Å². The molecule has 122 valence electrons. The summed E-state index contributed by atoms with van der Waals surface area (Å²) in [6.45, 7) is 2.20. The number of primary amides is 1. The van der Waals surface area contributed by atoms with E-state index in [4.69, 9.17) is 5.73 Å². The van der Waals surface area contributed by atoms with E-state index in [2.05, 4.69) is 39.9 Å². The number of thiophene rings is 1. The Hall–Kier alpha value is -1.42. The lowest BCUT2D eigenvalue weighted by molar-refractivity contribution is 0.1000.